The molecule has 2 rings (SSSR count). The summed E-state index contributed by atoms with van der Waals surface area (Å²) < 4.78 is 30.3. The van der Waals surface area contributed by atoms with Crippen LogP contribution < -0.4 is 10.0 Å². The second kappa shape index (κ2) is 5.27. The van der Waals surface area contributed by atoms with Crippen molar-refractivity contribution < 1.29 is 8.42 Å². The second-order valence-corrected chi connectivity index (χ2v) is 5.70. The van der Waals surface area contributed by atoms with E-state index in [4.69, 9.17) is 0 Å². The van der Waals surface area contributed by atoms with Gasteiger partial charge in [0.05, 0.1) is 6.20 Å². The van der Waals surface area contributed by atoms with Crippen molar-refractivity contribution in [1.29, 1.82) is 0 Å². The van der Waals surface area contributed by atoms with Gasteiger partial charge in [-0.15, -0.1) is 5.10 Å². The van der Waals surface area contributed by atoms with Crippen molar-refractivity contribution >= 4 is 32.4 Å². The van der Waals surface area contributed by atoms with E-state index in [2.05, 4.69) is 24.6 Å². The van der Waals surface area contributed by atoms with E-state index in [1.165, 1.54) is 18.5 Å². The summed E-state index contributed by atoms with van der Waals surface area (Å²) in [6.07, 6.45) is 2.89. The number of hydrogen-bond acceptors (Lipinski definition) is 7. The molecule has 0 radical (unpaired) electrons. The zero-order valence-corrected chi connectivity index (χ0v) is 11.1. The van der Waals surface area contributed by atoms with Crippen LogP contribution in [-0.4, -0.2) is 29.5 Å². The maximum Gasteiger partial charge on any atom is 0.266 e. The van der Waals surface area contributed by atoms with Gasteiger partial charge in [0, 0.05) is 24.3 Å². The largest absolute Gasteiger partial charge is 0.369 e. The van der Waals surface area contributed by atoms with Crippen LogP contribution in [0.4, 0.5) is 10.8 Å². The maximum absolute atomic E-state index is 12.2. The molecule has 0 atom stereocenters. The summed E-state index contributed by atoms with van der Waals surface area (Å²) in [5.74, 6) is 0.324. The SMILES string of the molecule is CCNc1ncccc1S(=O)(=O)Nc1cnns1. The summed E-state index contributed by atoms with van der Waals surface area (Å²) in [5, 5.41) is 6.84. The van der Waals surface area contributed by atoms with Gasteiger partial charge < -0.3 is 5.32 Å². The monoisotopic (exact) mass is 285 g/mol. The quantitative estimate of drug-likeness (QED) is 0.855. The average Bonchev–Trinajstić information content (AvgIpc) is 2.82. The second-order valence-electron chi connectivity index (χ2n) is 3.27. The van der Waals surface area contributed by atoms with Gasteiger partial charge in [0.2, 0.25) is 0 Å². The number of anilines is 2. The van der Waals surface area contributed by atoms with Crippen LogP contribution in [-0.2, 0) is 10.0 Å². The molecule has 0 aliphatic heterocycles. The minimum atomic E-state index is -3.68. The summed E-state index contributed by atoms with van der Waals surface area (Å²) in [5.41, 5.74) is 0. The van der Waals surface area contributed by atoms with Gasteiger partial charge >= 0.3 is 0 Å². The Balaban J connectivity index is 2.35. The van der Waals surface area contributed by atoms with Crippen molar-refractivity contribution in [2.45, 2.75) is 11.8 Å². The lowest BCUT2D eigenvalue weighted by Crippen LogP contribution is -2.15. The molecule has 0 saturated carbocycles. The minimum Gasteiger partial charge on any atom is -0.369 e. The lowest BCUT2D eigenvalue weighted by Gasteiger charge is -2.10. The molecule has 2 heterocycles. The van der Waals surface area contributed by atoms with Crippen LogP contribution in [0, 0.1) is 0 Å². The Morgan fingerprint density at radius 2 is 2.28 bits per heavy atom. The number of rotatable bonds is 5. The van der Waals surface area contributed by atoms with Crippen LogP contribution in [0.1, 0.15) is 6.92 Å². The van der Waals surface area contributed by atoms with Gasteiger partial charge in [0.1, 0.15) is 15.7 Å². The number of nitrogens with zero attached hydrogens (tertiary/aromatic N) is 3. The fourth-order valence-corrected chi connectivity index (χ4v) is 3.13. The first-order chi connectivity index (χ1) is 8.63. The van der Waals surface area contributed by atoms with Crippen molar-refractivity contribution in [3.8, 4) is 0 Å². The maximum atomic E-state index is 12.2. The molecule has 18 heavy (non-hydrogen) atoms. The molecule has 0 aromatic carbocycles. The predicted molar refractivity (Wildman–Crippen MR) is 69.1 cm³/mol. The van der Waals surface area contributed by atoms with Gasteiger partial charge in [-0.3, -0.25) is 4.72 Å². The van der Waals surface area contributed by atoms with E-state index in [0.717, 1.165) is 11.5 Å². The highest BCUT2D eigenvalue weighted by atomic mass is 32.2. The van der Waals surface area contributed by atoms with Crippen LogP contribution >= 0.6 is 11.5 Å². The number of sulfonamides is 1. The van der Waals surface area contributed by atoms with Crippen molar-refractivity contribution in [2.75, 3.05) is 16.6 Å². The van der Waals surface area contributed by atoms with E-state index >= 15 is 0 Å². The van der Waals surface area contributed by atoms with Crippen LogP contribution in [0.25, 0.3) is 0 Å². The predicted octanol–water partition coefficient (Wildman–Crippen LogP) is 1.17. The Labute approximate surface area is 108 Å². The van der Waals surface area contributed by atoms with Gasteiger partial charge in [-0.2, -0.15) is 0 Å². The normalized spacial score (nSPS) is 11.2. The van der Waals surface area contributed by atoms with Gasteiger partial charge in [-0.25, -0.2) is 13.4 Å². The summed E-state index contributed by atoms with van der Waals surface area (Å²) in [6.45, 7) is 2.45. The van der Waals surface area contributed by atoms with Crippen molar-refractivity contribution in [2.24, 2.45) is 0 Å². The third-order valence-corrected chi connectivity index (χ3v) is 4.11. The third kappa shape index (κ3) is 2.74. The minimum absolute atomic E-state index is 0.0975. The van der Waals surface area contributed by atoms with E-state index in [1.54, 1.807) is 6.07 Å². The molecule has 0 aliphatic carbocycles. The number of hydrogen-bond donors (Lipinski definition) is 2. The third-order valence-electron chi connectivity index (χ3n) is 2.00. The number of nitrogens with one attached hydrogen (secondary N) is 2. The van der Waals surface area contributed by atoms with Crippen molar-refractivity contribution in [3.63, 3.8) is 0 Å². The first-order valence-electron chi connectivity index (χ1n) is 5.12. The van der Waals surface area contributed by atoms with E-state index in [1.807, 2.05) is 6.92 Å². The van der Waals surface area contributed by atoms with E-state index in [0.29, 0.717) is 17.4 Å². The smallest absolute Gasteiger partial charge is 0.266 e. The first-order valence-corrected chi connectivity index (χ1v) is 7.38. The molecule has 2 aromatic heterocycles. The van der Waals surface area contributed by atoms with Crippen LogP contribution in [0.2, 0.25) is 0 Å². The van der Waals surface area contributed by atoms with Crippen LogP contribution in [0.15, 0.2) is 29.4 Å². The Hall–Kier alpha value is -1.74. The summed E-state index contributed by atoms with van der Waals surface area (Å²) in [4.78, 5) is 4.10. The van der Waals surface area contributed by atoms with Gasteiger partial charge in [0.25, 0.3) is 10.0 Å². The highest BCUT2D eigenvalue weighted by molar-refractivity contribution is 7.93. The molecule has 0 bridgehead atoms. The summed E-state index contributed by atoms with van der Waals surface area (Å²) >= 11 is 0.971. The molecule has 2 N–H and O–H groups in total. The lowest BCUT2D eigenvalue weighted by molar-refractivity contribution is 0.601. The molecule has 96 valence electrons. The van der Waals surface area contributed by atoms with E-state index in [9.17, 15) is 8.42 Å². The highest BCUT2D eigenvalue weighted by Crippen LogP contribution is 2.22. The van der Waals surface area contributed by atoms with Crippen molar-refractivity contribution in [1.82, 2.24) is 14.6 Å². The van der Waals surface area contributed by atoms with Gasteiger partial charge in [-0.1, -0.05) is 4.49 Å². The van der Waals surface area contributed by atoms with Gasteiger partial charge in [-0.05, 0) is 19.1 Å². The molecule has 9 heteroatoms. The first kappa shape index (κ1) is 12.7. The topological polar surface area (TPSA) is 96.9 Å². The van der Waals surface area contributed by atoms with Gasteiger partial charge in [0.15, 0.2) is 0 Å². The molecule has 0 fully saturated rings. The lowest BCUT2D eigenvalue weighted by atomic mass is 10.4. The molecule has 0 unspecified atom stereocenters. The van der Waals surface area contributed by atoms with E-state index in [-0.39, 0.29) is 4.90 Å². The molecule has 0 amide bonds. The molecule has 0 saturated heterocycles. The summed E-state index contributed by atoms with van der Waals surface area (Å²) in [7, 11) is -3.68. The number of aromatic nitrogens is 3. The molecular formula is C9H11N5O2S2. The fraction of sp³-hybridized carbons (Fsp3) is 0.222. The average molecular weight is 285 g/mol. The number of pyridine rings is 1. The highest BCUT2D eigenvalue weighted by Gasteiger charge is 2.19. The van der Waals surface area contributed by atoms with E-state index < -0.39 is 10.0 Å². The Morgan fingerprint density at radius 3 is 2.94 bits per heavy atom. The van der Waals surface area contributed by atoms with Crippen molar-refractivity contribution in [3.05, 3.63) is 24.5 Å². The Bertz CT molecular complexity index is 612. The molecule has 2 aromatic rings. The summed E-state index contributed by atoms with van der Waals surface area (Å²) in [6, 6.07) is 3.06. The van der Waals surface area contributed by atoms with Crippen LogP contribution in [0.5, 0.6) is 0 Å². The Kier molecular flexibility index (Phi) is 3.72. The fourth-order valence-electron chi connectivity index (χ4n) is 1.31. The zero-order valence-electron chi connectivity index (χ0n) is 9.49. The Morgan fingerprint density at radius 1 is 1.44 bits per heavy atom. The standard InChI is InChI=1S/C9H11N5O2S2/c1-2-10-9-7(4-3-5-11-9)18(15,16)13-8-6-12-14-17-8/h3-6,13H,2H2,1H3,(H,10,11). The zero-order chi connectivity index (χ0) is 13.0. The molecule has 0 aliphatic rings. The molecule has 0 spiro atoms. The molecular weight excluding hydrogens is 274 g/mol. The molecule has 7 nitrogen and oxygen atoms in total. The van der Waals surface area contributed by atoms with Crippen LogP contribution in [0.3, 0.4) is 0 Å².